The number of hydrogen-bond acceptors (Lipinski definition) is 4. The van der Waals surface area contributed by atoms with Gasteiger partial charge in [0.2, 0.25) is 11.8 Å². The van der Waals surface area contributed by atoms with Gasteiger partial charge < -0.3 is 0 Å². The van der Waals surface area contributed by atoms with Crippen molar-refractivity contribution >= 4 is 27.5 Å². The summed E-state index contributed by atoms with van der Waals surface area (Å²) in [6.07, 6.45) is 4.36. The number of carbonyl (C=O) groups excluding carboxylic acids is 2. The number of carbonyl (C=O) groups is 2. The van der Waals surface area contributed by atoms with Crippen LogP contribution in [-0.4, -0.2) is 25.1 Å². The third-order valence-electron chi connectivity index (χ3n) is 6.43. The zero-order valence-electron chi connectivity index (χ0n) is 17.9. The maximum atomic E-state index is 13.0. The highest BCUT2D eigenvalue weighted by Gasteiger charge is 2.47. The molecule has 0 spiro atoms. The Bertz CT molecular complexity index is 1080. The smallest absolute Gasteiger partial charge is 0.262 e. The summed E-state index contributed by atoms with van der Waals surface area (Å²) in [6.45, 7) is 3.89. The van der Waals surface area contributed by atoms with Crippen molar-refractivity contribution in [3.8, 4) is 0 Å². The lowest BCUT2D eigenvalue weighted by atomic mass is 9.81. The minimum Gasteiger partial charge on any atom is -0.280 e. The number of anilines is 1. The molecule has 2 amide bonds. The number of nitrogens with zero attached hydrogens (tertiary/aromatic N) is 1. The van der Waals surface area contributed by atoms with Crippen molar-refractivity contribution in [1.82, 2.24) is 4.90 Å². The summed E-state index contributed by atoms with van der Waals surface area (Å²) in [5.74, 6) is -0.645. The van der Waals surface area contributed by atoms with Crippen LogP contribution in [0.2, 0.25) is 0 Å². The maximum Gasteiger partial charge on any atom is 0.262 e. The topological polar surface area (TPSA) is 83.6 Å². The number of hydrogen-bond donors (Lipinski definition) is 1. The number of amides is 2. The molecule has 2 atom stereocenters. The van der Waals surface area contributed by atoms with Crippen molar-refractivity contribution in [3.05, 3.63) is 59.2 Å². The van der Waals surface area contributed by atoms with Crippen LogP contribution in [0.5, 0.6) is 0 Å². The molecule has 1 saturated heterocycles. The molecule has 4 rings (SSSR count). The zero-order chi connectivity index (χ0) is 22.2. The van der Waals surface area contributed by atoms with Crippen molar-refractivity contribution in [2.24, 2.45) is 11.8 Å². The summed E-state index contributed by atoms with van der Waals surface area (Å²) in [5, 5.41) is 0. The maximum absolute atomic E-state index is 13.0. The standard InChI is InChI=1S/C24H28N2O4S/c1-3-17-10-12-19(13-11-17)25-31(29,30)22-14-18(9-8-16(22)2)15-26-23(27)20-6-4-5-7-21(20)24(26)28/h8-14,20-21,25H,3-7,15H2,1-2H3/t20-,21-/m1/s1. The Balaban J connectivity index is 1.56. The van der Waals surface area contributed by atoms with Gasteiger partial charge in [-0.1, -0.05) is 44.0 Å². The summed E-state index contributed by atoms with van der Waals surface area (Å²) in [7, 11) is -3.81. The minimum absolute atomic E-state index is 0.110. The molecule has 7 heteroatoms. The monoisotopic (exact) mass is 440 g/mol. The van der Waals surface area contributed by atoms with Gasteiger partial charge in [-0.05, 0) is 61.1 Å². The van der Waals surface area contributed by atoms with Gasteiger partial charge in [0, 0.05) is 5.69 Å². The van der Waals surface area contributed by atoms with Gasteiger partial charge in [-0.2, -0.15) is 0 Å². The fourth-order valence-corrected chi connectivity index (χ4v) is 5.98. The lowest BCUT2D eigenvalue weighted by molar-refractivity contribution is -0.140. The second-order valence-electron chi connectivity index (χ2n) is 8.52. The molecular weight excluding hydrogens is 412 g/mol. The molecule has 1 aliphatic heterocycles. The number of rotatable bonds is 6. The van der Waals surface area contributed by atoms with Gasteiger partial charge >= 0.3 is 0 Å². The van der Waals surface area contributed by atoms with Gasteiger partial charge in [-0.15, -0.1) is 0 Å². The van der Waals surface area contributed by atoms with E-state index in [4.69, 9.17) is 0 Å². The van der Waals surface area contributed by atoms with Crippen molar-refractivity contribution in [2.45, 2.75) is 57.4 Å². The predicted octanol–water partition coefficient (Wildman–Crippen LogP) is 4.03. The Morgan fingerprint density at radius 1 is 0.935 bits per heavy atom. The van der Waals surface area contributed by atoms with E-state index in [1.807, 2.05) is 19.1 Å². The summed E-state index contributed by atoms with van der Waals surface area (Å²) >= 11 is 0. The number of aryl methyl sites for hydroxylation is 2. The second kappa shape index (κ2) is 8.46. The van der Waals surface area contributed by atoms with E-state index < -0.39 is 10.0 Å². The highest BCUT2D eigenvalue weighted by molar-refractivity contribution is 7.92. The third kappa shape index (κ3) is 4.24. The van der Waals surface area contributed by atoms with Gasteiger partial charge in [0.05, 0.1) is 23.3 Å². The van der Waals surface area contributed by atoms with Crippen LogP contribution in [-0.2, 0) is 32.6 Å². The van der Waals surface area contributed by atoms with Crippen LogP contribution in [0, 0.1) is 18.8 Å². The number of nitrogens with one attached hydrogen (secondary N) is 1. The van der Waals surface area contributed by atoms with Crippen molar-refractivity contribution in [3.63, 3.8) is 0 Å². The van der Waals surface area contributed by atoms with Gasteiger partial charge in [0.1, 0.15) is 0 Å². The quantitative estimate of drug-likeness (QED) is 0.688. The lowest BCUT2D eigenvalue weighted by Crippen LogP contribution is -2.30. The fourth-order valence-electron chi connectivity index (χ4n) is 4.62. The summed E-state index contributed by atoms with van der Waals surface area (Å²) in [6, 6.07) is 12.4. The molecule has 164 valence electrons. The average molecular weight is 441 g/mol. The lowest BCUT2D eigenvalue weighted by Gasteiger charge is -2.19. The van der Waals surface area contributed by atoms with E-state index in [1.165, 1.54) is 4.90 Å². The van der Waals surface area contributed by atoms with Gasteiger partial charge in [-0.25, -0.2) is 8.42 Å². The number of imide groups is 1. The molecule has 31 heavy (non-hydrogen) atoms. The molecule has 1 heterocycles. The van der Waals surface area contributed by atoms with Crippen LogP contribution < -0.4 is 4.72 Å². The van der Waals surface area contributed by atoms with Crippen molar-refractivity contribution < 1.29 is 18.0 Å². The number of likely N-dealkylation sites (tertiary alicyclic amines) is 1. The molecule has 1 aliphatic carbocycles. The van der Waals surface area contributed by atoms with Crippen LogP contribution in [0.3, 0.4) is 0 Å². The fraction of sp³-hybridized carbons (Fsp3) is 0.417. The van der Waals surface area contributed by atoms with E-state index in [9.17, 15) is 18.0 Å². The largest absolute Gasteiger partial charge is 0.280 e. The molecular formula is C24H28N2O4S. The van der Waals surface area contributed by atoms with Crippen LogP contribution in [0.4, 0.5) is 5.69 Å². The summed E-state index contributed by atoms with van der Waals surface area (Å²) in [5.41, 5.74) is 2.86. The molecule has 0 aromatic heterocycles. The first-order valence-corrected chi connectivity index (χ1v) is 12.3. The molecule has 0 unspecified atom stereocenters. The Morgan fingerprint density at radius 3 is 2.10 bits per heavy atom. The van der Waals surface area contributed by atoms with E-state index in [0.717, 1.165) is 37.7 Å². The molecule has 1 N–H and O–H groups in total. The molecule has 2 aromatic rings. The van der Waals surface area contributed by atoms with E-state index in [-0.39, 0.29) is 35.1 Å². The first-order valence-electron chi connectivity index (χ1n) is 10.9. The molecule has 0 bridgehead atoms. The van der Waals surface area contributed by atoms with Crippen molar-refractivity contribution in [2.75, 3.05) is 4.72 Å². The predicted molar refractivity (Wildman–Crippen MR) is 119 cm³/mol. The van der Waals surface area contributed by atoms with Crippen LogP contribution in [0.25, 0.3) is 0 Å². The Labute approximate surface area is 183 Å². The minimum atomic E-state index is -3.81. The Kier molecular flexibility index (Phi) is 5.88. The Morgan fingerprint density at radius 2 is 1.52 bits per heavy atom. The first-order chi connectivity index (χ1) is 14.8. The van der Waals surface area contributed by atoms with Gasteiger partial charge in [0.15, 0.2) is 0 Å². The molecule has 0 radical (unpaired) electrons. The number of benzene rings is 2. The second-order valence-corrected chi connectivity index (χ2v) is 10.2. The highest BCUT2D eigenvalue weighted by Crippen LogP contribution is 2.38. The average Bonchev–Trinajstić information content (AvgIpc) is 3.00. The molecule has 2 aromatic carbocycles. The molecule has 6 nitrogen and oxygen atoms in total. The van der Waals surface area contributed by atoms with Crippen molar-refractivity contribution in [1.29, 1.82) is 0 Å². The third-order valence-corrected chi connectivity index (χ3v) is 7.95. The first kappa shape index (κ1) is 21.6. The van der Waals surface area contributed by atoms with E-state index in [0.29, 0.717) is 16.8 Å². The molecule has 1 saturated carbocycles. The molecule has 2 aliphatic rings. The molecule has 2 fully saturated rings. The van der Waals surface area contributed by atoms with Crippen LogP contribution in [0.15, 0.2) is 47.4 Å². The van der Waals surface area contributed by atoms with Gasteiger partial charge in [-0.3, -0.25) is 19.2 Å². The highest BCUT2D eigenvalue weighted by atomic mass is 32.2. The summed E-state index contributed by atoms with van der Waals surface area (Å²) in [4.78, 5) is 27.0. The Hall–Kier alpha value is -2.67. The van der Waals surface area contributed by atoms with E-state index >= 15 is 0 Å². The SMILES string of the molecule is CCc1ccc(NS(=O)(=O)c2cc(CN3C(=O)[C@@H]4CCCC[C@H]4C3=O)ccc2C)cc1. The number of fused-ring (bicyclic) bond motifs is 1. The van der Waals surface area contributed by atoms with E-state index in [2.05, 4.69) is 4.72 Å². The van der Waals surface area contributed by atoms with Crippen LogP contribution >= 0.6 is 0 Å². The van der Waals surface area contributed by atoms with E-state index in [1.54, 1.807) is 37.3 Å². The zero-order valence-corrected chi connectivity index (χ0v) is 18.7. The normalized spacial score (nSPS) is 21.3. The van der Waals surface area contributed by atoms with Crippen LogP contribution in [0.1, 0.15) is 49.3 Å². The number of sulfonamides is 1. The van der Waals surface area contributed by atoms with Gasteiger partial charge in [0.25, 0.3) is 10.0 Å². The summed E-state index contributed by atoms with van der Waals surface area (Å²) < 4.78 is 28.7.